The van der Waals surface area contributed by atoms with Gasteiger partial charge < -0.3 is 9.88 Å². The Hall–Kier alpha value is -3.94. The zero-order valence-electron chi connectivity index (χ0n) is 20.2. The second-order valence-electron chi connectivity index (χ2n) is 8.60. The highest BCUT2D eigenvalue weighted by Crippen LogP contribution is 2.27. The van der Waals surface area contributed by atoms with Crippen LogP contribution < -0.4 is 16.6 Å². The van der Waals surface area contributed by atoms with Gasteiger partial charge in [-0.1, -0.05) is 75.2 Å². The van der Waals surface area contributed by atoms with Crippen LogP contribution in [0.15, 0.2) is 70.5 Å². The number of rotatable bonds is 10. The quantitative estimate of drug-likeness (QED) is 0.372. The Bertz CT molecular complexity index is 1430. The summed E-state index contributed by atoms with van der Waals surface area (Å²) in [5, 5.41) is 2.90. The molecular formula is C27H31N5O3. The lowest BCUT2D eigenvalue weighted by Crippen LogP contribution is -2.43. The van der Waals surface area contributed by atoms with Gasteiger partial charge in [-0.15, -0.1) is 0 Å². The van der Waals surface area contributed by atoms with Crippen LogP contribution in [0.1, 0.15) is 39.5 Å². The molecule has 0 fully saturated rings. The minimum atomic E-state index is -0.511. The molecule has 2 heterocycles. The van der Waals surface area contributed by atoms with Crippen LogP contribution in [-0.4, -0.2) is 24.6 Å². The number of hydrogen-bond donors (Lipinski definition) is 1. The minimum absolute atomic E-state index is 0.367. The number of imidazole rings is 1. The fraction of sp³-hybridized carbons (Fsp3) is 0.333. The van der Waals surface area contributed by atoms with Crippen LogP contribution >= 0.6 is 0 Å². The Balaban J connectivity index is 1.71. The number of aryl methyl sites for hydroxylation is 2. The number of hydrogen-bond acceptors (Lipinski definition) is 4. The maximum absolute atomic E-state index is 13.4. The molecular weight excluding hydrogens is 442 g/mol. The van der Waals surface area contributed by atoms with Gasteiger partial charge in [-0.2, -0.15) is 0 Å². The fourth-order valence-corrected chi connectivity index (χ4v) is 4.19. The van der Waals surface area contributed by atoms with Gasteiger partial charge in [0.05, 0.1) is 6.33 Å². The van der Waals surface area contributed by atoms with Gasteiger partial charge in [-0.3, -0.25) is 14.2 Å². The number of unbranched alkanes of at least 4 members (excludes halogenated alkanes) is 2. The van der Waals surface area contributed by atoms with Crippen molar-refractivity contribution in [2.75, 3.05) is 5.32 Å². The zero-order valence-corrected chi connectivity index (χ0v) is 20.2. The molecule has 0 spiro atoms. The summed E-state index contributed by atoms with van der Waals surface area (Å²) >= 11 is 0. The highest BCUT2D eigenvalue weighted by molar-refractivity contribution is 5.95. The first kappa shape index (κ1) is 24.2. The third kappa shape index (κ3) is 5.11. The summed E-state index contributed by atoms with van der Waals surface area (Å²) < 4.78 is 4.35. The summed E-state index contributed by atoms with van der Waals surface area (Å²) in [5.41, 5.74) is 2.20. The first-order valence-electron chi connectivity index (χ1n) is 12.2. The van der Waals surface area contributed by atoms with Crippen molar-refractivity contribution in [2.24, 2.45) is 0 Å². The Morgan fingerprint density at radius 3 is 2.31 bits per heavy atom. The largest absolute Gasteiger partial charge is 0.333 e. The molecule has 0 aliphatic heterocycles. The predicted octanol–water partition coefficient (Wildman–Crippen LogP) is 4.27. The van der Waals surface area contributed by atoms with E-state index in [1.807, 2.05) is 61.5 Å². The van der Waals surface area contributed by atoms with Crippen molar-refractivity contribution in [3.63, 3.8) is 0 Å². The van der Waals surface area contributed by atoms with E-state index in [9.17, 15) is 14.4 Å². The van der Waals surface area contributed by atoms with Crippen molar-refractivity contribution in [1.29, 1.82) is 0 Å². The smallest absolute Gasteiger partial charge is 0.325 e. The first-order chi connectivity index (χ1) is 17.0. The number of nitrogens with zero attached hydrogens (tertiary/aromatic N) is 4. The maximum atomic E-state index is 13.4. The van der Waals surface area contributed by atoms with Gasteiger partial charge in [0.25, 0.3) is 5.56 Å². The summed E-state index contributed by atoms with van der Waals surface area (Å²) in [7, 11) is 0. The molecule has 182 valence electrons. The van der Waals surface area contributed by atoms with E-state index in [4.69, 9.17) is 0 Å². The number of aromatic nitrogens is 4. The van der Waals surface area contributed by atoms with Crippen molar-refractivity contribution in [2.45, 2.75) is 59.2 Å². The van der Waals surface area contributed by atoms with E-state index in [0.717, 1.165) is 41.4 Å². The van der Waals surface area contributed by atoms with Crippen molar-refractivity contribution in [3.8, 4) is 11.1 Å². The van der Waals surface area contributed by atoms with Crippen molar-refractivity contribution >= 4 is 22.8 Å². The molecule has 0 unspecified atom stereocenters. The number of para-hydroxylation sites is 1. The molecule has 0 radical (unpaired) electrons. The van der Waals surface area contributed by atoms with Gasteiger partial charge in [-0.25, -0.2) is 14.3 Å². The van der Waals surface area contributed by atoms with E-state index in [1.165, 1.54) is 4.57 Å². The van der Waals surface area contributed by atoms with E-state index in [-0.39, 0.29) is 6.54 Å². The topological polar surface area (TPSA) is 90.9 Å². The van der Waals surface area contributed by atoms with E-state index in [2.05, 4.69) is 17.2 Å². The molecule has 2 aromatic carbocycles. The molecule has 4 rings (SSSR count). The lowest BCUT2D eigenvalue weighted by Gasteiger charge is -2.14. The third-order valence-corrected chi connectivity index (χ3v) is 6.06. The lowest BCUT2D eigenvalue weighted by molar-refractivity contribution is -0.116. The van der Waals surface area contributed by atoms with Crippen LogP contribution in [0, 0.1) is 0 Å². The molecule has 4 aromatic rings. The monoisotopic (exact) mass is 473 g/mol. The number of anilines is 1. The Morgan fingerprint density at radius 2 is 1.57 bits per heavy atom. The molecule has 35 heavy (non-hydrogen) atoms. The van der Waals surface area contributed by atoms with Crippen molar-refractivity contribution in [1.82, 2.24) is 18.7 Å². The lowest BCUT2D eigenvalue weighted by atomic mass is 10.0. The second-order valence-corrected chi connectivity index (χ2v) is 8.60. The average Bonchev–Trinajstić information content (AvgIpc) is 3.30. The third-order valence-electron chi connectivity index (χ3n) is 6.06. The summed E-state index contributed by atoms with van der Waals surface area (Å²) in [6.07, 6.45) is 5.12. The van der Waals surface area contributed by atoms with Gasteiger partial charge in [0.15, 0.2) is 11.2 Å². The normalized spacial score (nSPS) is 11.1. The molecule has 0 saturated carbocycles. The average molecular weight is 474 g/mol. The number of carbonyl (C=O) groups excluding carboxylic acids is 1. The van der Waals surface area contributed by atoms with Crippen LogP contribution in [0.2, 0.25) is 0 Å². The van der Waals surface area contributed by atoms with Crippen LogP contribution in [0.4, 0.5) is 5.69 Å². The van der Waals surface area contributed by atoms with E-state index in [1.54, 1.807) is 10.9 Å². The highest BCUT2D eigenvalue weighted by atomic mass is 16.2. The SMILES string of the molecule is CCCCn1cnc2c1c(=O)n(CC(=O)Nc1ccccc1-c1ccccc1)c(=O)n2CCCC. The van der Waals surface area contributed by atoms with Gasteiger partial charge in [0, 0.05) is 24.3 Å². The first-order valence-corrected chi connectivity index (χ1v) is 12.2. The van der Waals surface area contributed by atoms with Crippen LogP contribution in [-0.2, 0) is 24.4 Å². The summed E-state index contributed by atoms with van der Waals surface area (Å²) in [6.45, 7) is 4.81. The standard InChI is InChI=1S/C27H31N5O3/c1-3-5-16-30-19-28-25-24(30)26(34)32(27(35)31(25)17-6-4-2)18-23(33)29-22-15-11-10-14-21(22)20-12-8-7-9-13-20/h7-15,19H,3-6,16-18H2,1-2H3,(H,29,33). The number of carbonyl (C=O) groups is 1. The Kier molecular flexibility index (Phi) is 7.60. The van der Waals surface area contributed by atoms with Gasteiger partial charge in [0.1, 0.15) is 6.54 Å². The molecule has 0 aliphatic carbocycles. The number of benzene rings is 2. The molecule has 1 amide bonds. The van der Waals surface area contributed by atoms with E-state index < -0.39 is 17.2 Å². The van der Waals surface area contributed by atoms with Gasteiger partial charge in [0.2, 0.25) is 5.91 Å². The van der Waals surface area contributed by atoms with Gasteiger partial charge in [-0.05, 0) is 24.5 Å². The van der Waals surface area contributed by atoms with Crippen LogP contribution in [0.5, 0.6) is 0 Å². The molecule has 0 bridgehead atoms. The van der Waals surface area contributed by atoms with E-state index >= 15 is 0 Å². The number of fused-ring (bicyclic) bond motifs is 1. The number of nitrogens with one attached hydrogen (secondary N) is 1. The Morgan fingerprint density at radius 1 is 0.886 bits per heavy atom. The van der Waals surface area contributed by atoms with E-state index in [0.29, 0.717) is 29.9 Å². The predicted molar refractivity (Wildman–Crippen MR) is 139 cm³/mol. The Labute approximate surface area is 203 Å². The molecule has 0 aliphatic rings. The molecule has 2 aromatic heterocycles. The molecule has 0 saturated heterocycles. The van der Waals surface area contributed by atoms with Crippen LogP contribution in [0.25, 0.3) is 22.3 Å². The highest BCUT2D eigenvalue weighted by Gasteiger charge is 2.20. The number of amides is 1. The summed E-state index contributed by atoms with van der Waals surface area (Å²) in [6, 6.07) is 17.2. The second kappa shape index (κ2) is 11.0. The van der Waals surface area contributed by atoms with Crippen molar-refractivity contribution < 1.29 is 4.79 Å². The molecule has 1 N–H and O–H groups in total. The molecule has 8 heteroatoms. The molecule has 8 nitrogen and oxygen atoms in total. The van der Waals surface area contributed by atoms with Gasteiger partial charge >= 0.3 is 5.69 Å². The maximum Gasteiger partial charge on any atom is 0.333 e. The minimum Gasteiger partial charge on any atom is -0.325 e. The molecule has 0 atom stereocenters. The van der Waals surface area contributed by atoms with Crippen LogP contribution in [0.3, 0.4) is 0 Å². The summed E-state index contributed by atoms with van der Waals surface area (Å²) in [4.78, 5) is 44.2. The zero-order chi connectivity index (χ0) is 24.8. The van der Waals surface area contributed by atoms with Crippen molar-refractivity contribution in [3.05, 3.63) is 81.8 Å². The fourth-order valence-electron chi connectivity index (χ4n) is 4.19. The summed E-state index contributed by atoms with van der Waals surface area (Å²) in [5.74, 6) is -0.436.